The molecule has 1 aliphatic heterocycles. The number of aromatic nitrogens is 6. The van der Waals surface area contributed by atoms with Gasteiger partial charge in [0.2, 0.25) is 0 Å². The molecule has 1 aliphatic rings. The molecule has 0 unspecified atom stereocenters. The number of carbonyl (C=O) groups excluding carboxylic acids is 1. The van der Waals surface area contributed by atoms with Gasteiger partial charge in [0.05, 0.1) is 45.6 Å². The van der Waals surface area contributed by atoms with Crippen molar-refractivity contribution in [1.82, 2.24) is 34.4 Å². The number of hydrogen-bond donors (Lipinski definition) is 0. The lowest BCUT2D eigenvalue weighted by Crippen LogP contribution is -2.36. The molecule has 160 valence electrons. The highest BCUT2D eigenvalue weighted by molar-refractivity contribution is 7.17. The van der Waals surface area contributed by atoms with Gasteiger partial charge in [0.15, 0.2) is 5.69 Å². The number of hydrogen-bond acceptors (Lipinski definition) is 6. The van der Waals surface area contributed by atoms with E-state index in [0.29, 0.717) is 41.1 Å². The van der Waals surface area contributed by atoms with Crippen LogP contribution in [0.2, 0.25) is 0 Å². The van der Waals surface area contributed by atoms with Crippen molar-refractivity contribution >= 4 is 27.5 Å². The number of thiazole rings is 1. The summed E-state index contributed by atoms with van der Waals surface area (Å²) >= 11 is 1.38. The van der Waals surface area contributed by atoms with E-state index in [1.807, 2.05) is 0 Å². The molecule has 4 aromatic heterocycles. The second-order valence-electron chi connectivity index (χ2n) is 7.30. The van der Waals surface area contributed by atoms with Gasteiger partial charge in [-0.1, -0.05) is 0 Å². The number of rotatable bonds is 2. The first kappa shape index (κ1) is 19.7. The van der Waals surface area contributed by atoms with E-state index in [1.54, 1.807) is 28.3 Å². The zero-order valence-electron chi connectivity index (χ0n) is 16.5. The average molecular weight is 447 g/mol. The Bertz CT molecular complexity index is 1320. The van der Waals surface area contributed by atoms with E-state index in [1.165, 1.54) is 29.3 Å². The molecule has 0 saturated carbocycles. The number of halogens is 3. The molecule has 0 fully saturated rings. The molecule has 0 bridgehead atoms. The number of nitrogens with zero attached hydrogens (tertiary/aromatic N) is 7. The van der Waals surface area contributed by atoms with Crippen molar-refractivity contribution in [2.24, 2.45) is 14.1 Å². The predicted molar refractivity (Wildman–Crippen MR) is 106 cm³/mol. The molecule has 0 saturated heterocycles. The third kappa shape index (κ3) is 3.17. The van der Waals surface area contributed by atoms with Crippen molar-refractivity contribution in [3.05, 3.63) is 46.5 Å². The van der Waals surface area contributed by atoms with Crippen molar-refractivity contribution in [3.63, 3.8) is 0 Å². The van der Waals surface area contributed by atoms with Crippen LogP contribution < -0.4 is 0 Å². The maximum atomic E-state index is 13.1. The van der Waals surface area contributed by atoms with E-state index >= 15 is 0 Å². The van der Waals surface area contributed by atoms with Crippen LogP contribution in [0.4, 0.5) is 13.2 Å². The zero-order valence-corrected chi connectivity index (χ0v) is 17.3. The second kappa shape index (κ2) is 6.87. The molecule has 5 rings (SSSR count). The second-order valence-corrected chi connectivity index (χ2v) is 8.15. The number of aryl methyl sites for hydroxylation is 2. The van der Waals surface area contributed by atoms with Crippen LogP contribution in [-0.4, -0.2) is 46.9 Å². The average Bonchev–Trinajstić information content (AvgIpc) is 3.42. The third-order valence-corrected chi connectivity index (χ3v) is 6.25. The van der Waals surface area contributed by atoms with Gasteiger partial charge in [0.1, 0.15) is 5.52 Å². The minimum absolute atomic E-state index is 0.167. The molecule has 1 amide bonds. The minimum atomic E-state index is -4.52. The molecular weight excluding hydrogens is 431 g/mol. The van der Waals surface area contributed by atoms with E-state index in [2.05, 4.69) is 20.2 Å². The standard InChI is InChI=1S/C19H16F3N7OS/c1-27-14(5-15(26-27)19(20,21)22)16-10-3-4-29(8-13(10)25-28(16)2)18(30)11-6-23-7-12-17(11)31-9-24-12/h5-7,9H,3-4,8H2,1-2H3. The Morgan fingerprint density at radius 3 is 2.71 bits per heavy atom. The first-order chi connectivity index (χ1) is 14.7. The van der Waals surface area contributed by atoms with Gasteiger partial charge in [0, 0.05) is 32.4 Å². The highest BCUT2D eigenvalue weighted by Crippen LogP contribution is 2.35. The lowest BCUT2D eigenvalue weighted by molar-refractivity contribution is -0.141. The summed E-state index contributed by atoms with van der Waals surface area (Å²) < 4.78 is 42.9. The zero-order chi connectivity index (χ0) is 21.9. The first-order valence-corrected chi connectivity index (χ1v) is 10.2. The van der Waals surface area contributed by atoms with Crippen LogP contribution in [0, 0.1) is 0 Å². The molecule has 0 radical (unpaired) electrons. The van der Waals surface area contributed by atoms with Crippen molar-refractivity contribution in [2.75, 3.05) is 6.54 Å². The Labute approximate surface area is 177 Å². The van der Waals surface area contributed by atoms with Crippen LogP contribution in [0.25, 0.3) is 21.6 Å². The fourth-order valence-electron chi connectivity index (χ4n) is 3.95. The number of alkyl halides is 3. The van der Waals surface area contributed by atoms with Crippen molar-refractivity contribution < 1.29 is 18.0 Å². The summed E-state index contributed by atoms with van der Waals surface area (Å²) in [6.45, 7) is 0.685. The molecule has 31 heavy (non-hydrogen) atoms. The smallest absolute Gasteiger partial charge is 0.332 e. The lowest BCUT2D eigenvalue weighted by atomic mass is 10.0. The molecule has 8 nitrogen and oxygen atoms in total. The van der Waals surface area contributed by atoms with Crippen LogP contribution in [-0.2, 0) is 33.2 Å². The summed E-state index contributed by atoms with van der Waals surface area (Å²) in [4.78, 5) is 23.1. The van der Waals surface area contributed by atoms with Crippen LogP contribution in [0.1, 0.15) is 27.3 Å². The van der Waals surface area contributed by atoms with Crippen LogP contribution >= 0.6 is 11.3 Å². The summed E-state index contributed by atoms with van der Waals surface area (Å²) in [7, 11) is 3.16. The molecule has 12 heteroatoms. The fraction of sp³-hybridized carbons (Fsp3) is 0.316. The number of carbonyl (C=O) groups is 1. The van der Waals surface area contributed by atoms with Crippen LogP contribution in [0.15, 0.2) is 24.0 Å². The SMILES string of the molecule is Cn1nc(C(F)(F)F)cc1-c1c2c(nn1C)CN(C(=O)c1cncc3ncsc13)CC2. The summed E-state index contributed by atoms with van der Waals surface area (Å²) in [6.07, 6.45) is -0.895. The quantitative estimate of drug-likeness (QED) is 0.472. The summed E-state index contributed by atoms with van der Waals surface area (Å²) in [6, 6.07) is 1.03. The summed E-state index contributed by atoms with van der Waals surface area (Å²) in [5.74, 6) is -0.167. The Balaban J connectivity index is 1.48. The summed E-state index contributed by atoms with van der Waals surface area (Å²) in [5.41, 5.74) is 4.30. The first-order valence-electron chi connectivity index (χ1n) is 9.37. The minimum Gasteiger partial charge on any atom is -0.332 e. The number of amides is 1. The highest BCUT2D eigenvalue weighted by Gasteiger charge is 2.36. The van der Waals surface area contributed by atoms with E-state index in [9.17, 15) is 18.0 Å². The molecule has 0 atom stereocenters. The van der Waals surface area contributed by atoms with Gasteiger partial charge in [-0.15, -0.1) is 11.3 Å². The molecular formula is C19H16F3N7OS. The number of pyridine rings is 1. The fourth-order valence-corrected chi connectivity index (χ4v) is 4.72. The number of fused-ring (bicyclic) bond motifs is 2. The topological polar surface area (TPSA) is 81.7 Å². The highest BCUT2D eigenvalue weighted by atomic mass is 32.1. The van der Waals surface area contributed by atoms with Gasteiger partial charge < -0.3 is 4.90 Å². The van der Waals surface area contributed by atoms with Gasteiger partial charge in [-0.25, -0.2) is 4.98 Å². The van der Waals surface area contributed by atoms with Gasteiger partial charge >= 0.3 is 6.18 Å². The van der Waals surface area contributed by atoms with E-state index in [4.69, 9.17) is 0 Å². The third-order valence-electron chi connectivity index (χ3n) is 5.37. The molecule has 5 heterocycles. The Kier molecular flexibility index (Phi) is 4.36. The molecule has 0 aliphatic carbocycles. The van der Waals surface area contributed by atoms with Gasteiger partial charge in [-0.05, 0) is 12.5 Å². The monoisotopic (exact) mass is 447 g/mol. The Hall–Kier alpha value is -3.28. The molecule has 0 aromatic carbocycles. The van der Waals surface area contributed by atoms with E-state index in [0.717, 1.165) is 16.3 Å². The lowest BCUT2D eigenvalue weighted by Gasteiger charge is -2.26. The summed E-state index contributed by atoms with van der Waals surface area (Å²) in [5, 5.41) is 8.10. The predicted octanol–water partition coefficient (Wildman–Crippen LogP) is 3.04. The Morgan fingerprint density at radius 1 is 1.16 bits per heavy atom. The molecule has 4 aromatic rings. The van der Waals surface area contributed by atoms with Crippen LogP contribution in [0.3, 0.4) is 0 Å². The van der Waals surface area contributed by atoms with E-state index < -0.39 is 11.9 Å². The van der Waals surface area contributed by atoms with Crippen molar-refractivity contribution in [1.29, 1.82) is 0 Å². The Morgan fingerprint density at radius 2 is 1.97 bits per heavy atom. The van der Waals surface area contributed by atoms with Gasteiger partial charge in [0.25, 0.3) is 5.91 Å². The van der Waals surface area contributed by atoms with Crippen molar-refractivity contribution in [2.45, 2.75) is 19.1 Å². The maximum Gasteiger partial charge on any atom is 0.435 e. The van der Waals surface area contributed by atoms with Gasteiger partial charge in [-0.3, -0.25) is 19.1 Å². The van der Waals surface area contributed by atoms with Crippen molar-refractivity contribution in [3.8, 4) is 11.4 Å². The van der Waals surface area contributed by atoms with Gasteiger partial charge in [-0.2, -0.15) is 23.4 Å². The normalized spacial score (nSPS) is 14.3. The molecule has 0 spiro atoms. The maximum absolute atomic E-state index is 13.1. The van der Waals surface area contributed by atoms with Crippen LogP contribution in [0.5, 0.6) is 0 Å². The van der Waals surface area contributed by atoms with E-state index in [-0.39, 0.29) is 12.5 Å². The molecule has 0 N–H and O–H groups in total. The largest absolute Gasteiger partial charge is 0.435 e.